The Hall–Kier alpha value is -1.28. The maximum atomic E-state index is 5.70. The van der Waals surface area contributed by atoms with Gasteiger partial charge in [0.2, 0.25) is 0 Å². The first-order valence-corrected chi connectivity index (χ1v) is 5.15. The van der Waals surface area contributed by atoms with Crippen molar-refractivity contribution in [2.45, 2.75) is 13.0 Å². The van der Waals surface area contributed by atoms with E-state index in [-0.39, 0.29) is 6.10 Å². The summed E-state index contributed by atoms with van der Waals surface area (Å²) in [6.45, 7) is 6.83. The molecule has 2 atom stereocenters. The van der Waals surface area contributed by atoms with E-state index in [9.17, 15) is 0 Å². The van der Waals surface area contributed by atoms with Crippen LogP contribution in [0.25, 0.3) is 0 Å². The number of ether oxygens (including phenoxy) is 2. The highest BCUT2D eigenvalue weighted by Gasteiger charge is 2.28. The fourth-order valence-corrected chi connectivity index (χ4v) is 1.87. The van der Waals surface area contributed by atoms with Crippen LogP contribution in [0.5, 0.6) is 5.75 Å². The molecule has 0 radical (unpaired) electrons. The van der Waals surface area contributed by atoms with Crippen molar-refractivity contribution in [2.24, 2.45) is 5.92 Å². The molecule has 80 valence electrons. The Kier molecular flexibility index (Phi) is 2.78. The molecule has 0 bridgehead atoms. The summed E-state index contributed by atoms with van der Waals surface area (Å²) in [6, 6.07) is 8.04. The molecule has 15 heavy (non-hydrogen) atoms. The van der Waals surface area contributed by atoms with Gasteiger partial charge in [0.05, 0.1) is 19.8 Å². The second-order valence-corrected chi connectivity index (χ2v) is 3.95. The lowest BCUT2D eigenvalue weighted by molar-refractivity contribution is 0.0950. The third-order valence-electron chi connectivity index (χ3n) is 2.99. The average molecular weight is 204 g/mol. The zero-order valence-electron chi connectivity index (χ0n) is 9.19. The number of rotatable bonds is 2. The topological polar surface area (TPSA) is 18.5 Å². The number of benzene rings is 1. The Morgan fingerprint density at radius 2 is 2.00 bits per heavy atom. The molecule has 0 aromatic heterocycles. The van der Waals surface area contributed by atoms with E-state index >= 15 is 0 Å². The van der Waals surface area contributed by atoms with E-state index in [0.29, 0.717) is 12.5 Å². The predicted octanol–water partition coefficient (Wildman–Crippen LogP) is 2.96. The summed E-state index contributed by atoms with van der Waals surface area (Å²) in [7, 11) is 1.67. The van der Waals surface area contributed by atoms with Crippen LogP contribution in [0, 0.1) is 5.92 Å². The highest BCUT2D eigenvalue weighted by atomic mass is 16.5. The van der Waals surface area contributed by atoms with Gasteiger partial charge in [-0.2, -0.15) is 0 Å². The Morgan fingerprint density at radius 3 is 2.47 bits per heavy atom. The Bertz CT molecular complexity index is 353. The van der Waals surface area contributed by atoms with Crippen molar-refractivity contribution in [3.8, 4) is 5.75 Å². The summed E-state index contributed by atoms with van der Waals surface area (Å²) in [5.41, 5.74) is 2.37. The quantitative estimate of drug-likeness (QED) is 0.689. The molecule has 2 rings (SSSR count). The fourth-order valence-electron chi connectivity index (χ4n) is 1.87. The monoisotopic (exact) mass is 204 g/mol. The molecule has 0 spiro atoms. The third-order valence-corrected chi connectivity index (χ3v) is 2.99. The lowest BCUT2D eigenvalue weighted by Gasteiger charge is -2.15. The summed E-state index contributed by atoms with van der Waals surface area (Å²) in [6.07, 6.45) is 0.156. The molecule has 0 aliphatic carbocycles. The van der Waals surface area contributed by atoms with E-state index in [0.717, 1.165) is 5.75 Å². The highest BCUT2D eigenvalue weighted by Crippen LogP contribution is 2.37. The smallest absolute Gasteiger partial charge is 0.118 e. The van der Waals surface area contributed by atoms with Crippen LogP contribution in [0.4, 0.5) is 0 Å². The molecule has 0 N–H and O–H groups in total. The Balaban J connectivity index is 2.19. The van der Waals surface area contributed by atoms with Crippen molar-refractivity contribution in [1.29, 1.82) is 0 Å². The normalized spacial score (nSPS) is 25.6. The largest absolute Gasteiger partial charge is 0.497 e. The number of methoxy groups -OCH3 is 1. The number of hydrogen-bond acceptors (Lipinski definition) is 2. The molecular formula is C13H16O2. The summed E-state index contributed by atoms with van der Waals surface area (Å²) in [5, 5.41) is 0. The van der Waals surface area contributed by atoms with Crippen molar-refractivity contribution in [3.05, 3.63) is 42.0 Å². The van der Waals surface area contributed by atoms with Gasteiger partial charge in [-0.3, -0.25) is 0 Å². The third kappa shape index (κ3) is 1.90. The van der Waals surface area contributed by atoms with Gasteiger partial charge in [0.15, 0.2) is 0 Å². The zero-order valence-corrected chi connectivity index (χ0v) is 9.19. The molecule has 2 heteroatoms. The number of hydrogen-bond donors (Lipinski definition) is 0. The van der Waals surface area contributed by atoms with Crippen molar-refractivity contribution in [3.63, 3.8) is 0 Å². The molecular weight excluding hydrogens is 188 g/mol. The maximum absolute atomic E-state index is 5.70. The van der Waals surface area contributed by atoms with Gasteiger partial charge in [-0.1, -0.05) is 25.6 Å². The summed E-state index contributed by atoms with van der Waals surface area (Å²) < 4.78 is 10.8. The fraction of sp³-hybridized carbons (Fsp3) is 0.385. The van der Waals surface area contributed by atoms with Gasteiger partial charge in [0, 0.05) is 5.92 Å². The van der Waals surface area contributed by atoms with E-state index in [1.54, 1.807) is 7.11 Å². The first-order chi connectivity index (χ1) is 7.22. The van der Waals surface area contributed by atoms with Crippen molar-refractivity contribution < 1.29 is 9.47 Å². The lowest BCUT2D eigenvalue weighted by Crippen LogP contribution is -2.04. The maximum Gasteiger partial charge on any atom is 0.118 e. The second-order valence-electron chi connectivity index (χ2n) is 3.95. The first-order valence-electron chi connectivity index (χ1n) is 5.15. The van der Waals surface area contributed by atoms with Crippen LogP contribution in [-0.4, -0.2) is 13.7 Å². The highest BCUT2D eigenvalue weighted by molar-refractivity contribution is 5.30. The van der Waals surface area contributed by atoms with E-state index < -0.39 is 0 Å². The molecule has 1 aromatic carbocycles. The average Bonchev–Trinajstić information content (AvgIpc) is 2.60. The molecule has 0 amide bonds. The van der Waals surface area contributed by atoms with Crippen molar-refractivity contribution >= 4 is 0 Å². The van der Waals surface area contributed by atoms with Gasteiger partial charge in [-0.25, -0.2) is 0 Å². The molecule has 1 saturated heterocycles. The second kappa shape index (κ2) is 4.07. The SMILES string of the molecule is C=C1CO[C@H](c2ccc(OC)cc2)[C@H]1C. The summed E-state index contributed by atoms with van der Waals surface area (Å²) >= 11 is 0. The minimum absolute atomic E-state index is 0.156. The van der Waals surface area contributed by atoms with E-state index in [1.807, 2.05) is 12.1 Å². The van der Waals surface area contributed by atoms with Gasteiger partial charge >= 0.3 is 0 Å². The molecule has 1 heterocycles. The molecule has 1 fully saturated rings. The van der Waals surface area contributed by atoms with E-state index in [2.05, 4.69) is 25.6 Å². The van der Waals surface area contributed by atoms with Crippen LogP contribution in [0.15, 0.2) is 36.4 Å². The van der Waals surface area contributed by atoms with Crippen LogP contribution >= 0.6 is 0 Å². The molecule has 1 aliphatic rings. The van der Waals surface area contributed by atoms with Crippen LogP contribution < -0.4 is 4.74 Å². The minimum Gasteiger partial charge on any atom is -0.497 e. The van der Waals surface area contributed by atoms with Gasteiger partial charge in [0.25, 0.3) is 0 Å². The predicted molar refractivity (Wildman–Crippen MR) is 60.0 cm³/mol. The van der Waals surface area contributed by atoms with Crippen LogP contribution in [0.3, 0.4) is 0 Å². The zero-order chi connectivity index (χ0) is 10.8. The molecule has 0 unspecified atom stereocenters. The molecule has 2 nitrogen and oxygen atoms in total. The van der Waals surface area contributed by atoms with E-state index in [4.69, 9.17) is 9.47 Å². The van der Waals surface area contributed by atoms with Crippen molar-refractivity contribution in [1.82, 2.24) is 0 Å². The van der Waals surface area contributed by atoms with Crippen LogP contribution in [0.2, 0.25) is 0 Å². The van der Waals surface area contributed by atoms with Gasteiger partial charge in [-0.15, -0.1) is 0 Å². The summed E-state index contributed by atoms with van der Waals surface area (Å²) in [4.78, 5) is 0. The van der Waals surface area contributed by atoms with Crippen LogP contribution in [-0.2, 0) is 4.74 Å². The van der Waals surface area contributed by atoms with Crippen LogP contribution in [0.1, 0.15) is 18.6 Å². The Labute approximate surface area is 90.5 Å². The van der Waals surface area contributed by atoms with E-state index in [1.165, 1.54) is 11.1 Å². The molecule has 0 saturated carbocycles. The summed E-state index contributed by atoms with van der Waals surface area (Å²) in [5.74, 6) is 1.28. The van der Waals surface area contributed by atoms with Gasteiger partial charge in [-0.05, 0) is 23.3 Å². The van der Waals surface area contributed by atoms with Gasteiger partial charge < -0.3 is 9.47 Å². The minimum atomic E-state index is 0.156. The standard InChI is InChI=1S/C13H16O2/c1-9-8-15-13(10(9)2)11-4-6-12(14-3)7-5-11/h4-7,10,13H,1,8H2,2-3H3/t10-,13-/m0/s1. The lowest BCUT2D eigenvalue weighted by atomic mass is 9.94. The Morgan fingerprint density at radius 1 is 1.33 bits per heavy atom. The first kappa shape index (κ1) is 10.2. The van der Waals surface area contributed by atoms with Gasteiger partial charge in [0.1, 0.15) is 5.75 Å². The molecule has 1 aromatic rings. The molecule has 1 aliphatic heterocycles. The van der Waals surface area contributed by atoms with Crippen molar-refractivity contribution in [2.75, 3.05) is 13.7 Å².